The Bertz CT molecular complexity index is 1740. The fourth-order valence-electron chi connectivity index (χ4n) is 5.30. The van der Waals surface area contributed by atoms with Gasteiger partial charge in [0.2, 0.25) is 0 Å². The summed E-state index contributed by atoms with van der Waals surface area (Å²) < 4.78 is 12.2. The first-order valence-corrected chi connectivity index (χ1v) is 12.2. The number of esters is 1. The normalized spacial score (nSPS) is 12.7. The average molecular weight is 505 g/mol. The number of ether oxygens (including phenoxy) is 2. The van der Waals surface area contributed by atoms with Crippen LogP contribution in [0.3, 0.4) is 0 Å². The maximum atomic E-state index is 13.9. The van der Waals surface area contributed by atoms with Crippen LogP contribution < -0.4 is 4.74 Å². The summed E-state index contributed by atoms with van der Waals surface area (Å²) in [7, 11) is 2.87. The van der Waals surface area contributed by atoms with E-state index in [9.17, 15) is 14.4 Å². The number of amides is 1. The molecule has 7 heteroatoms. The molecular weight excluding hydrogens is 480 g/mol. The number of hydrogen-bond acceptors (Lipinski definition) is 5. The lowest BCUT2D eigenvalue weighted by Gasteiger charge is -2.15. The molecule has 5 aromatic rings. The third-order valence-corrected chi connectivity index (χ3v) is 7.03. The molecule has 38 heavy (non-hydrogen) atoms. The van der Waals surface area contributed by atoms with E-state index in [1.165, 1.54) is 11.7 Å². The van der Waals surface area contributed by atoms with E-state index in [1.807, 2.05) is 36.4 Å². The lowest BCUT2D eigenvalue weighted by Crippen LogP contribution is -2.23. The molecule has 1 aliphatic rings. The van der Waals surface area contributed by atoms with Crippen molar-refractivity contribution in [1.82, 2.24) is 9.47 Å². The fourth-order valence-corrected chi connectivity index (χ4v) is 5.30. The quantitative estimate of drug-likeness (QED) is 0.298. The van der Waals surface area contributed by atoms with Crippen LogP contribution in [0.4, 0.5) is 0 Å². The number of aromatic nitrogens is 1. The zero-order chi connectivity index (χ0) is 26.4. The summed E-state index contributed by atoms with van der Waals surface area (Å²) in [5.74, 6) is -0.470. The van der Waals surface area contributed by atoms with Gasteiger partial charge in [-0.1, -0.05) is 48.5 Å². The molecule has 4 aromatic carbocycles. The molecule has 0 saturated heterocycles. The van der Waals surface area contributed by atoms with Crippen molar-refractivity contribution >= 4 is 39.6 Å². The summed E-state index contributed by atoms with van der Waals surface area (Å²) in [5.41, 5.74) is 3.81. The summed E-state index contributed by atoms with van der Waals surface area (Å²) in [6.45, 7) is 0.764. The Balaban J connectivity index is 1.67. The summed E-state index contributed by atoms with van der Waals surface area (Å²) >= 11 is 0. The third kappa shape index (κ3) is 3.63. The first kappa shape index (κ1) is 23.5. The second kappa shape index (κ2) is 9.19. The van der Waals surface area contributed by atoms with Gasteiger partial charge in [-0.25, -0.2) is 4.79 Å². The molecule has 0 spiro atoms. The zero-order valence-electron chi connectivity index (χ0n) is 20.9. The van der Waals surface area contributed by atoms with E-state index in [4.69, 9.17) is 9.47 Å². The molecule has 0 N–H and O–H groups in total. The Morgan fingerprint density at radius 3 is 2.29 bits per heavy atom. The van der Waals surface area contributed by atoms with Gasteiger partial charge in [-0.15, -0.1) is 0 Å². The number of carbonyl (C=O) groups excluding carboxylic acids is 3. The van der Waals surface area contributed by atoms with E-state index in [1.54, 1.807) is 60.5 Å². The van der Waals surface area contributed by atoms with Gasteiger partial charge in [-0.2, -0.15) is 0 Å². The molecule has 0 radical (unpaired) electrons. The van der Waals surface area contributed by atoms with E-state index in [2.05, 4.69) is 0 Å². The van der Waals surface area contributed by atoms with Crippen molar-refractivity contribution in [3.8, 4) is 5.75 Å². The maximum Gasteiger partial charge on any atom is 0.340 e. The van der Waals surface area contributed by atoms with Crippen molar-refractivity contribution in [3.05, 3.63) is 113 Å². The van der Waals surface area contributed by atoms with Crippen LogP contribution in [0.1, 0.15) is 42.2 Å². The van der Waals surface area contributed by atoms with Crippen molar-refractivity contribution in [2.75, 3.05) is 14.2 Å². The van der Waals surface area contributed by atoms with Crippen LogP contribution in [0.5, 0.6) is 5.75 Å². The van der Waals surface area contributed by atoms with Gasteiger partial charge in [-0.05, 0) is 47.5 Å². The van der Waals surface area contributed by atoms with Gasteiger partial charge >= 0.3 is 5.97 Å². The Labute approximate surface area is 218 Å². The fraction of sp³-hybridized carbons (Fsp3) is 0.129. The monoisotopic (exact) mass is 504 g/mol. The maximum absolute atomic E-state index is 13.9. The number of carbonyl (C=O) groups is 3. The topological polar surface area (TPSA) is 77.8 Å². The molecule has 188 valence electrons. The predicted molar refractivity (Wildman–Crippen MR) is 144 cm³/mol. The molecule has 1 aliphatic heterocycles. The minimum atomic E-state index is -0.580. The largest absolute Gasteiger partial charge is 0.497 e. The number of nitrogens with zero attached hydrogens (tertiary/aromatic N) is 2. The van der Waals surface area contributed by atoms with Crippen molar-refractivity contribution in [2.24, 2.45) is 0 Å². The van der Waals surface area contributed by atoms with E-state index in [-0.39, 0.29) is 17.4 Å². The van der Waals surface area contributed by atoms with Crippen LogP contribution in [0.15, 0.2) is 84.9 Å². The van der Waals surface area contributed by atoms with Gasteiger partial charge in [0.05, 0.1) is 36.4 Å². The molecule has 0 aliphatic carbocycles. The second-order valence-electron chi connectivity index (χ2n) is 9.21. The summed E-state index contributed by atoms with van der Waals surface area (Å²) in [6, 6.07) is 25.6. The molecule has 7 nitrogen and oxygen atoms in total. The summed E-state index contributed by atoms with van der Waals surface area (Å²) in [6.07, 6.45) is 0. The molecular formula is C31H24N2O5. The number of hydrogen-bond donors (Lipinski definition) is 0. The summed E-state index contributed by atoms with van der Waals surface area (Å²) in [4.78, 5) is 42.7. The Hall–Kier alpha value is -4.91. The lowest BCUT2D eigenvalue weighted by atomic mass is 9.98. The van der Waals surface area contributed by atoms with Crippen LogP contribution in [-0.4, -0.2) is 41.5 Å². The van der Waals surface area contributed by atoms with Gasteiger partial charge in [-0.3, -0.25) is 14.2 Å². The molecule has 0 unspecified atom stereocenters. The molecule has 0 fully saturated rings. The molecule has 0 bridgehead atoms. The molecule has 0 atom stereocenters. The number of methoxy groups -OCH3 is 2. The highest BCUT2D eigenvalue weighted by Crippen LogP contribution is 2.41. The van der Waals surface area contributed by atoms with Crippen molar-refractivity contribution in [2.45, 2.75) is 13.1 Å². The Morgan fingerprint density at radius 1 is 0.895 bits per heavy atom. The molecule has 1 amide bonds. The molecule has 2 heterocycles. The van der Waals surface area contributed by atoms with Crippen molar-refractivity contribution in [1.29, 1.82) is 0 Å². The van der Waals surface area contributed by atoms with Gasteiger partial charge in [0.15, 0.2) is 0 Å². The van der Waals surface area contributed by atoms with Crippen LogP contribution >= 0.6 is 0 Å². The van der Waals surface area contributed by atoms with E-state index in [0.29, 0.717) is 57.3 Å². The number of rotatable bonds is 5. The average Bonchev–Trinajstić information content (AvgIpc) is 3.46. The second-order valence-corrected chi connectivity index (χ2v) is 9.21. The van der Waals surface area contributed by atoms with E-state index >= 15 is 0 Å². The predicted octanol–water partition coefficient (Wildman–Crippen LogP) is 5.43. The van der Waals surface area contributed by atoms with Crippen LogP contribution in [0.2, 0.25) is 0 Å². The minimum absolute atomic E-state index is 0.153. The third-order valence-electron chi connectivity index (χ3n) is 7.03. The molecule has 0 saturated carbocycles. The number of fused-ring (bicyclic) bond motifs is 5. The van der Waals surface area contributed by atoms with Crippen LogP contribution in [-0.2, 0) is 17.8 Å². The Morgan fingerprint density at radius 2 is 1.61 bits per heavy atom. The van der Waals surface area contributed by atoms with E-state index in [0.717, 1.165) is 5.56 Å². The standard InChI is InChI=1S/C31H24N2O5/c1-37-22-13-14-25-23(16-22)27-26-21(18-32(30(26)35)17-19-9-5-3-6-10-19)15-24(31(36)38-2)28(27)33(25)29(34)20-11-7-4-8-12-20/h3-16H,17-18H2,1-2H3. The molecule has 1 aromatic heterocycles. The Kier molecular flexibility index (Phi) is 5.68. The molecule has 6 rings (SSSR count). The minimum Gasteiger partial charge on any atom is -0.497 e. The number of benzene rings is 4. The SMILES string of the molecule is COC(=O)c1cc2c(c3c4cc(OC)ccc4n(C(=O)c4ccccc4)c13)C(=O)N(Cc1ccccc1)C2. The van der Waals surface area contributed by atoms with Crippen molar-refractivity contribution < 1.29 is 23.9 Å². The highest BCUT2D eigenvalue weighted by Gasteiger charge is 2.35. The van der Waals surface area contributed by atoms with Crippen LogP contribution in [0.25, 0.3) is 21.8 Å². The first-order valence-electron chi connectivity index (χ1n) is 12.2. The van der Waals surface area contributed by atoms with Gasteiger partial charge in [0, 0.05) is 29.4 Å². The van der Waals surface area contributed by atoms with Gasteiger partial charge in [0.25, 0.3) is 11.8 Å². The van der Waals surface area contributed by atoms with Crippen molar-refractivity contribution in [3.63, 3.8) is 0 Å². The smallest absolute Gasteiger partial charge is 0.340 e. The zero-order valence-corrected chi connectivity index (χ0v) is 20.9. The van der Waals surface area contributed by atoms with Crippen LogP contribution in [0, 0.1) is 0 Å². The highest BCUT2D eigenvalue weighted by molar-refractivity contribution is 6.27. The highest BCUT2D eigenvalue weighted by atomic mass is 16.5. The van der Waals surface area contributed by atoms with Gasteiger partial charge in [0.1, 0.15) is 5.75 Å². The summed E-state index contributed by atoms with van der Waals surface area (Å²) in [5, 5.41) is 1.20. The first-order chi connectivity index (χ1) is 18.5. The van der Waals surface area contributed by atoms with E-state index < -0.39 is 5.97 Å². The van der Waals surface area contributed by atoms with Gasteiger partial charge < -0.3 is 14.4 Å². The lowest BCUT2D eigenvalue weighted by molar-refractivity contribution is 0.0602.